The Morgan fingerprint density at radius 2 is 2.21 bits per heavy atom. The van der Waals surface area contributed by atoms with E-state index in [9.17, 15) is 9.59 Å². The minimum atomic E-state index is -1.14. The summed E-state index contributed by atoms with van der Waals surface area (Å²) >= 11 is 0. The minimum Gasteiger partial charge on any atom is -0.359 e. The van der Waals surface area contributed by atoms with E-state index in [1.165, 1.54) is 12.3 Å². The Kier molecular flexibility index (Phi) is 5.40. The second kappa shape index (κ2) is 6.59. The highest BCUT2D eigenvalue weighted by molar-refractivity contribution is 6.76. The Bertz CT molecular complexity index is 495. The number of rotatable bonds is 6. The SMILES string of the molecule is C[Si](C)(C)CCOCn1ncc(C(=O)NN)cc1=O. The second-order valence-corrected chi connectivity index (χ2v) is 11.0. The molecule has 1 aromatic rings. The lowest BCUT2D eigenvalue weighted by Gasteiger charge is -2.15. The first kappa shape index (κ1) is 15.5. The molecule has 0 aliphatic heterocycles. The number of nitrogen functional groups attached to an aromatic ring is 1. The van der Waals surface area contributed by atoms with E-state index in [-0.39, 0.29) is 12.3 Å². The average molecular weight is 284 g/mol. The standard InChI is InChI=1S/C11H20N4O3Si/c1-19(2,3)5-4-18-8-15-10(16)6-9(7-13-15)11(17)14-12/h6-7H,4-5,8,12H2,1-3H3,(H,14,17). The summed E-state index contributed by atoms with van der Waals surface area (Å²) in [5.41, 5.74) is 1.68. The van der Waals surface area contributed by atoms with Crippen LogP contribution in [0.3, 0.4) is 0 Å². The van der Waals surface area contributed by atoms with Crippen LogP contribution in [0.15, 0.2) is 17.1 Å². The molecular weight excluding hydrogens is 264 g/mol. The highest BCUT2D eigenvalue weighted by Crippen LogP contribution is 2.07. The van der Waals surface area contributed by atoms with E-state index in [4.69, 9.17) is 10.6 Å². The summed E-state index contributed by atoms with van der Waals surface area (Å²) in [4.78, 5) is 22.9. The van der Waals surface area contributed by atoms with Gasteiger partial charge in [-0.3, -0.25) is 15.0 Å². The fourth-order valence-electron chi connectivity index (χ4n) is 1.27. The molecule has 0 radical (unpaired) electrons. The molecule has 1 amide bonds. The van der Waals surface area contributed by atoms with Gasteiger partial charge in [0.15, 0.2) is 0 Å². The molecule has 0 spiro atoms. The number of carbonyl (C=O) groups is 1. The molecule has 1 aromatic heterocycles. The Morgan fingerprint density at radius 1 is 1.53 bits per heavy atom. The molecule has 19 heavy (non-hydrogen) atoms. The summed E-state index contributed by atoms with van der Waals surface area (Å²) in [7, 11) is -1.14. The molecule has 0 fully saturated rings. The molecule has 0 aliphatic carbocycles. The van der Waals surface area contributed by atoms with Crippen LogP contribution >= 0.6 is 0 Å². The lowest BCUT2D eigenvalue weighted by atomic mass is 10.3. The summed E-state index contributed by atoms with van der Waals surface area (Å²) in [6, 6.07) is 2.20. The van der Waals surface area contributed by atoms with Gasteiger partial charge >= 0.3 is 0 Å². The number of aromatic nitrogens is 2. The first-order valence-electron chi connectivity index (χ1n) is 5.99. The second-order valence-electron chi connectivity index (χ2n) is 5.40. The predicted octanol–water partition coefficient (Wildman–Crippen LogP) is 0.159. The fraction of sp³-hybridized carbons (Fsp3) is 0.545. The average Bonchev–Trinajstić information content (AvgIpc) is 2.33. The maximum atomic E-state index is 11.7. The third-order valence-corrected chi connectivity index (χ3v) is 4.18. The molecule has 3 N–H and O–H groups in total. The van der Waals surface area contributed by atoms with E-state index in [0.29, 0.717) is 6.61 Å². The van der Waals surface area contributed by atoms with Crippen LogP contribution in [0.4, 0.5) is 0 Å². The van der Waals surface area contributed by atoms with Crippen LogP contribution in [0.2, 0.25) is 25.7 Å². The van der Waals surface area contributed by atoms with Crippen LogP contribution in [-0.2, 0) is 11.5 Å². The summed E-state index contributed by atoms with van der Waals surface area (Å²) in [6.07, 6.45) is 1.28. The van der Waals surface area contributed by atoms with Crippen molar-refractivity contribution in [3.63, 3.8) is 0 Å². The van der Waals surface area contributed by atoms with Crippen molar-refractivity contribution in [2.24, 2.45) is 5.84 Å². The van der Waals surface area contributed by atoms with Crippen molar-refractivity contribution in [3.8, 4) is 0 Å². The van der Waals surface area contributed by atoms with E-state index in [1.807, 2.05) is 5.43 Å². The number of nitrogens with zero attached hydrogens (tertiary/aromatic N) is 2. The number of nitrogens with one attached hydrogen (secondary N) is 1. The topological polar surface area (TPSA) is 99.2 Å². The molecule has 0 aliphatic rings. The van der Waals surface area contributed by atoms with Gasteiger partial charge in [-0.2, -0.15) is 5.10 Å². The zero-order chi connectivity index (χ0) is 14.5. The smallest absolute Gasteiger partial charge is 0.269 e. The Balaban J connectivity index is 2.56. The van der Waals surface area contributed by atoms with Crippen molar-refractivity contribution in [2.45, 2.75) is 32.4 Å². The van der Waals surface area contributed by atoms with Crippen molar-refractivity contribution in [1.82, 2.24) is 15.2 Å². The van der Waals surface area contributed by atoms with E-state index in [2.05, 4.69) is 24.7 Å². The van der Waals surface area contributed by atoms with Crippen molar-refractivity contribution >= 4 is 14.0 Å². The zero-order valence-corrected chi connectivity index (χ0v) is 12.5. The van der Waals surface area contributed by atoms with E-state index >= 15 is 0 Å². The normalized spacial score (nSPS) is 11.4. The Morgan fingerprint density at radius 3 is 2.74 bits per heavy atom. The molecule has 106 valence electrons. The van der Waals surface area contributed by atoms with Crippen molar-refractivity contribution < 1.29 is 9.53 Å². The van der Waals surface area contributed by atoms with Crippen molar-refractivity contribution in [2.75, 3.05) is 6.61 Å². The molecule has 0 bridgehead atoms. The van der Waals surface area contributed by atoms with Gasteiger partial charge in [0, 0.05) is 20.7 Å². The monoisotopic (exact) mass is 284 g/mol. The summed E-state index contributed by atoms with van der Waals surface area (Å²) in [5.74, 6) is 4.43. The van der Waals surface area contributed by atoms with Crippen LogP contribution < -0.4 is 16.8 Å². The number of hydrogen-bond donors (Lipinski definition) is 2. The van der Waals surface area contributed by atoms with Gasteiger partial charge in [-0.15, -0.1) is 0 Å². The number of ether oxygens (including phenoxy) is 1. The van der Waals surface area contributed by atoms with Gasteiger partial charge in [0.05, 0.1) is 11.8 Å². The number of hydrazine groups is 1. The van der Waals surface area contributed by atoms with Crippen LogP contribution in [0.1, 0.15) is 10.4 Å². The number of nitrogens with two attached hydrogens (primary N) is 1. The summed E-state index contributed by atoms with van der Waals surface area (Å²) in [5, 5.41) is 3.86. The maximum absolute atomic E-state index is 11.7. The highest BCUT2D eigenvalue weighted by Gasteiger charge is 2.12. The van der Waals surface area contributed by atoms with Crippen molar-refractivity contribution in [1.29, 1.82) is 0 Å². The molecule has 0 atom stereocenters. The van der Waals surface area contributed by atoms with Gasteiger partial charge < -0.3 is 4.74 Å². The largest absolute Gasteiger partial charge is 0.359 e. The molecule has 0 unspecified atom stereocenters. The third-order valence-electron chi connectivity index (χ3n) is 2.47. The molecule has 7 nitrogen and oxygen atoms in total. The highest BCUT2D eigenvalue weighted by atomic mass is 28.3. The minimum absolute atomic E-state index is 0.0911. The zero-order valence-electron chi connectivity index (χ0n) is 11.5. The molecular formula is C11H20N4O3Si. The lowest BCUT2D eigenvalue weighted by Crippen LogP contribution is -2.33. The van der Waals surface area contributed by atoms with Crippen LogP contribution in [0, 0.1) is 0 Å². The quantitative estimate of drug-likeness (QED) is 0.255. The van der Waals surface area contributed by atoms with Crippen LogP contribution in [0.25, 0.3) is 0 Å². The number of amides is 1. The van der Waals surface area contributed by atoms with Crippen molar-refractivity contribution in [3.05, 3.63) is 28.2 Å². The summed E-state index contributed by atoms with van der Waals surface area (Å²) in [6.45, 7) is 7.45. The Labute approximate surface area is 112 Å². The van der Waals surface area contributed by atoms with Gasteiger partial charge in [0.25, 0.3) is 11.5 Å². The van der Waals surface area contributed by atoms with E-state index in [0.717, 1.165) is 10.7 Å². The third kappa shape index (κ3) is 5.33. The van der Waals surface area contributed by atoms with Gasteiger partial charge in [0.2, 0.25) is 0 Å². The predicted molar refractivity (Wildman–Crippen MR) is 74.3 cm³/mol. The molecule has 0 saturated heterocycles. The van der Waals surface area contributed by atoms with Crippen LogP contribution in [-0.4, -0.2) is 30.4 Å². The lowest BCUT2D eigenvalue weighted by molar-refractivity contribution is 0.0746. The molecule has 8 heteroatoms. The fourth-order valence-corrected chi connectivity index (χ4v) is 2.02. The number of hydrogen-bond acceptors (Lipinski definition) is 5. The van der Waals surface area contributed by atoms with E-state index < -0.39 is 19.5 Å². The van der Waals surface area contributed by atoms with Gasteiger partial charge in [-0.1, -0.05) is 19.6 Å². The number of carbonyl (C=O) groups excluding carboxylic acids is 1. The Hall–Kier alpha value is -1.51. The summed E-state index contributed by atoms with van der Waals surface area (Å²) < 4.78 is 6.58. The molecule has 1 heterocycles. The molecule has 0 aromatic carbocycles. The maximum Gasteiger partial charge on any atom is 0.269 e. The van der Waals surface area contributed by atoms with Gasteiger partial charge in [0.1, 0.15) is 6.73 Å². The van der Waals surface area contributed by atoms with E-state index in [1.54, 1.807) is 0 Å². The first-order chi connectivity index (χ1) is 8.83. The first-order valence-corrected chi connectivity index (χ1v) is 9.70. The molecule has 1 rings (SSSR count). The van der Waals surface area contributed by atoms with Gasteiger partial charge in [-0.25, -0.2) is 10.5 Å². The van der Waals surface area contributed by atoms with Gasteiger partial charge in [-0.05, 0) is 6.04 Å². The molecule has 0 saturated carbocycles. The van der Waals surface area contributed by atoms with Crippen LogP contribution in [0.5, 0.6) is 0 Å².